The molecule has 1 rings (SSSR count). The van der Waals surface area contributed by atoms with Crippen LogP contribution in [0, 0.1) is 6.57 Å². The second-order valence-electron chi connectivity index (χ2n) is 1.73. The molecule has 0 aromatic carbocycles. The lowest BCUT2D eigenvalue weighted by Gasteiger charge is -2.10. The first kappa shape index (κ1) is 4.32. The van der Waals surface area contributed by atoms with Gasteiger partial charge in [0, 0.05) is 0 Å². The van der Waals surface area contributed by atoms with Gasteiger partial charge in [-0.1, -0.05) is 0 Å². The summed E-state index contributed by atoms with van der Waals surface area (Å²) in [5.74, 6) is 0.237. The third kappa shape index (κ3) is 0.614. The maximum Gasteiger partial charge on any atom is 0.237 e. The molecule has 0 unspecified atom stereocenters. The van der Waals surface area contributed by atoms with Gasteiger partial charge in [0.2, 0.25) is 6.04 Å². The molecule has 0 spiro atoms. The van der Waals surface area contributed by atoms with E-state index in [1.54, 1.807) is 0 Å². The maximum absolute atomic E-state index is 10.1. The van der Waals surface area contributed by atoms with Crippen molar-refractivity contribution >= 4 is 5.78 Å². The summed E-state index contributed by atoms with van der Waals surface area (Å²) in [6.45, 7) is 6.42. The minimum atomic E-state index is 0.0347. The summed E-state index contributed by atoms with van der Waals surface area (Å²) in [6, 6.07) is 0.0347. The molecular weight excluding hydrogens is 90.1 g/mol. The number of rotatable bonds is 0. The maximum atomic E-state index is 10.1. The van der Waals surface area contributed by atoms with Gasteiger partial charge in [-0.25, -0.2) is 6.57 Å². The SMILES string of the molecule is [C-]#[N+]C1CC(=O)C1. The molecule has 2 nitrogen and oxygen atoms in total. The zero-order valence-electron chi connectivity index (χ0n) is 3.85. The van der Waals surface area contributed by atoms with Gasteiger partial charge in [0.1, 0.15) is 5.78 Å². The van der Waals surface area contributed by atoms with Gasteiger partial charge in [0.25, 0.3) is 0 Å². The van der Waals surface area contributed by atoms with E-state index < -0.39 is 0 Å². The van der Waals surface area contributed by atoms with Gasteiger partial charge in [0.15, 0.2) is 0 Å². The highest BCUT2D eigenvalue weighted by Gasteiger charge is 2.31. The Bertz CT molecular complexity index is 126. The van der Waals surface area contributed by atoms with E-state index >= 15 is 0 Å². The van der Waals surface area contributed by atoms with Crippen LogP contribution in [0.15, 0.2) is 0 Å². The molecule has 0 radical (unpaired) electrons. The van der Waals surface area contributed by atoms with Crippen molar-refractivity contribution in [1.82, 2.24) is 0 Å². The Labute approximate surface area is 42.0 Å². The zero-order chi connectivity index (χ0) is 5.28. The average molecular weight is 95.1 g/mol. The van der Waals surface area contributed by atoms with E-state index in [-0.39, 0.29) is 11.8 Å². The van der Waals surface area contributed by atoms with Crippen molar-refractivity contribution in [2.45, 2.75) is 18.9 Å². The minimum Gasteiger partial charge on any atom is -0.313 e. The van der Waals surface area contributed by atoms with Gasteiger partial charge in [0.05, 0.1) is 12.8 Å². The second-order valence-corrected chi connectivity index (χ2v) is 1.73. The fourth-order valence-corrected chi connectivity index (χ4v) is 0.557. The Morgan fingerprint density at radius 2 is 2.29 bits per heavy atom. The number of hydrogen-bond acceptors (Lipinski definition) is 1. The lowest BCUT2D eigenvalue weighted by molar-refractivity contribution is -0.123. The summed E-state index contributed by atoms with van der Waals surface area (Å²) in [7, 11) is 0. The summed E-state index contributed by atoms with van der Waals surface area (Å²) in [5.41, 5.74) is 0. The largest absolute Gasteiger partial charge is 0.313 e. The molecule has 0 atom stereocenters. The summed E-state index contributed by atoms with van der Waals surface area (Å²) < 4.78 is 0. The third-order valence-corrected chi connectivity index (χ3v) is 1.11. The standard InChI is InChI=1S/C5H5NO/c1-6-4-2-5(7)3-4/h4H,2-3H2. The van der Waals surface area contributed by atoms with Crippen molar-refractivity contribution in [3.05, 3.63) is 11.4 Å². The predicted octanol–water partition coefficient (Wildman–Crippen LogP) is 0.637. The topological polar surface area (TPSA) is 21.4 Å². The summed E-state index contributed by atoms with van der Waals surface area (Å²) >= 11 is 0. The highest BCUT2D eigenvalue weighted by molar-refractivity contribution is 5.86. The van der Waals surface area contributed by atoms with E-state index in [1.165, 1.54) is 0 Å². The van der Waals surface area contributed by atoms with Crippen LogP contribution in [0.3, 0.4) is 0 Å². The fraction of sp³-hybridized carbons (Fsp3) is 0.600. The molecule has 0 aliphatic heterocycles. The summed E-state index contributed by atoms with van der Waals surface area (Å²) in [6.07, 6.45) is 1.01. The Hall–Kier alpha value is -0.840. The van der Waals surface area contributed by atoms with Gasteiger partial charge in [-0.2, -0.15) is 0 Å². The van der Waals surface area contributed by atoms with E-state index in [0.29, 0.717) is 12.8 Å². The van der Waals surface area contributed by atoms with Crippen molar-refractivity contribution in [3.63, 3.8) is 0 Å². The normalized spacial score (nSPS) is 20.7. The number of carbonyl (C=O) groups excluding carboxylic acids is 1. The van der Waals surface area contributed by atoms with Crippen LogP contribution in [-0.2, 0) is 4.79 Å². The Kier molecular flexibility index (Phi) is 0.828. The molecule has 2 heteroatoms. The van der Waals surface area contributed by atoms with Crippen LogP contribution in [0.1, 0.15) is 12.8 Å². The molecule has 0 bridgehead atoms. The molecule has 0 amide bonds. The van der Waals surface area contributed by atoms with Gasteiger partial charge in [-0.05, 0) is 0 Å². The number of Topliss-reactive ketones (excluding diaryl/α,β-unsaturated/α-hetero) is 1. The smallest absolute Gasteiger partial charge is 0.237 e. The van der Waals surface area contributed by atoms with E-state index in [9.17, 15) is 4.79 Å². The highest BCUT2D eigenvalue weighted by atomic mass is 16.1. The number of carbonyl (C=O) groups is 1. The summed E-state index contributed by atoms with van der Waals surface area (Å²) in [4.78, 5) is 13.3. The Morgan fingerprint density at radius 1 is 1.71 bits per heavy atom. The van der Waals surface area contributed by atoms with Crippen LogP contribution in [0.5, 0.6) is 0 Å². The molecule has 36 valence electrons. The van der Waals surface area contributed by atoms with E-state index in [2.05, 4.69) is 4.85 Å². The van der Waals surface area contributed by atoms with Gasteiger partial charge in [-0.3, -0.25) is 4.79 Å². The van der Waals surface area contributed by atoms with Crippen LogP contribution < -0.4 is 0 Å². The molecule has 1 fully saturated rings. The van der Waals surface area contributed by atoms with Gasteiger partial charge in [-0.15, -0.1) is 0 Å². The number of nitrogens with zero attached hydrogens (tertiary/aromatic N) is 1. The predicted molar refractivity (Wildman–Crippen MR) is 24.6 cm³/mol. The third-order valence-electron chi connectivity index (χ3n) is 1.11. The average Bonchev–Trinajstić information content (AvgIpc) is 1.58. The number of hydrogen-bond donors (Lipinski definition) is 0. The van der Waals surface area contributed by atoms with Crippen LogP contribution in [0.2, 0.25) is 0 Å². The van der Waals surface area contributed by atoms with Crippen LogP contribution in [0.4, 0.5) is 0 Å². The van der Waals surface area contributed by atoms with Crippen molar-refractivity contribution in [2.24, 2.45) is 0 Å². The minimum absolute atomic E-state index is 0.0347. The monoisotopic (exact) mass is 95.0 g/mol. The van der Waals surface area contributed by atoms with Crippen molar-refractivity contribution in [3.8, 4) is 0 Å². The zero-order valence-corrected chi connectivity index (χ0v) is 3.85. The lowest BCUT2D eigenvalue weighted by atomic mass is 9.92. The van der Waals surface area contributed by atoms with Crippen molar-refractivity contribution < 1.29 is 4.79 Å². The first-order valence-electron chi connectivity index (χ1n) is 2.21. The molecule has 0 saturated heterocycles. The molecule has 0 heterocycles. The molecular formula is C5H5NO. The molecule has 0 aromatic heterocycles. The lowest BCUT2D eigenvalue weighted by Crippen LogP contribution is -2.24. The fourth-order valence-electron chi connectivity index (χ4n) is 0.557. The number of ketones is 1. The van der Waals surface area contributed by atoms with Crippen LogP contribution in [-0.4, -0.2) is 11.8 Å². The highest BCUT2D eigenvalue weighted by Crippen LogP contribution is 2.17. The molecule has 7 heavy (non-hydrogen) atoms. The molecule has 0 aromatic rings. The van der Waals surface area contributed by atoms with Crippen LogP contribution >= 0.6 is 0 Å². The van der Waals surface area contributed by atoms with Gasteiger partial charge < -0.3 is 4.85 Å². The van der Waals surface area contributed by atoms with Crippen LogP contribution in [0.25, 0.3) is 4.85 Å². The Morgan fingerprint density at radius 3 is 2.43 bits per heavy atom. The first-order valence-corrected chi connectivity index (χ1v) is 2.21. The first-order chi connectivity index (χ1) is 3.33. The summed E-state index contributed by atoms with van der Waals surface area (Å²) in [5, 5.41) is 0. The van der Waals surface area contributed by atoms with E-state index in [4.69, 9.17) is 6.57 Å². The second kappa shape index (κ2) is 1.34. The molecule has 1 aliphatic rings. The van der Waals surface area contributed by atoms with E-state index in [1.807, 2.05) is 0 Å². The van der Waals surface area contributed by atoms with Gasteiger partial charge >= 0.3 is 0 Å². The molecule has 0 N–H and O–H groups in total. The van der Waals surface area contributed by atoms with E-state index in [0.717, 1.165) is 0 Å². The van der Waals surface area contributed by atoms with Crippen molar-refractivity contribution in [1.29, 1.82) is 0 Å². The molecule has 1 aliphatic carbocycles. The Balaban J connectivity index is 2.34. The molecule has 1 saturated carbocycles. The van der Waals surface area contributed by atoms with Crippen molar-refractivity contribution in [2.75, 3.05) is 0 Å². The quantitative estimate of drug-likeness (QED) is 0.404.